The van der Waals surface area contributed by atoms with Gasteiger partial charge < -0.3 is 5.32 Å². The second-order valence-corrected chi connectivity index (χ2v) is 7.14. The lowest BCUT2D eigenvalue weighted by Gasteiger charge is -2.04. The first kappa shape index (κ1) is 18.4. The first-order valence-corrected chi connectivity index (χ1v) is 9.16. The van der Waals surface area contributed by atoms with Crippen molar-refractivity contribution in [2.45, 2.75) is 6.92 Å². The maximum Gasteiger partial charge on any atom is 0.146 e. The average Bonchev–Trinajstić information content (AvgIpc) is 3.10. The van der Waals surface area contributed by atoms with Crippen molar-refractivity contribution < 1.29 is 4.39 Å². The average molecular weight is 404 g/mol. The fraction of sp³-hybridized carbons (Fsp3) is 0.0526. The predicted molar refractivity (Wildman–Crippen MR) is 106 cm³/mol. The molecule has 0 aliphatic rings. The summed E-state index contributed by atoms with van der Waals surface area (Å²) in [5.74, 6) is -0.389. The van der Waals surface area contributed by atoms with Crippen molar-refractivity contribution in [1.82, 2.24) is 4.98 Å². The minimum Gasteiger partial charge on any atom is -0.358 e. The van der Waals surface area contributed by atoms with Crippen LogP contribution in [0.1, 0.15) is 10.6 Å². The van der Waals surface area contributed by atoms with Crippen molar-refractivity contribution in [3.8, 4) is 17.3 Å². The Labute approximate surface area is 164 Å². The molecule has 1 N–H and O–H groups in total. The molecule has 26 heavy (non-hydrogen) atoms. The van der Waals surface area contributed by atoms with E-state index in [1.165, 1.54) is 23.6 Å². The van der Waals surface area contributed by atoms with Crippen LogP contribution < -0.4 is 5.32 Å². The number of anilines is 1. The van der Waals surface area contributed by atoms with Gasteiger partial charge in [-0.1, -0.05) is 35.3 Å². The second kappa shape index (κ2) is 7.88. The molecule has 1 heterocycles. The summed E-state index contributed by atoms with van der Waals surface area (Å²) in [5.41, 5.74) is 3.02. The van der Waals surface area contributed by atoms with Gasteiger partial charge in [0.15, 0.2) is 0 Å². The van der Waals surface area contributed by atoms with Crippen molar-refractivity contribution in [3.63, 3.8) is 0 Å². The molecule has 130 valence electrons. The van der Waals surface area contributed by atoms with Gasteiger partial charge in [-0.25, -0.2) is 9.37 Å². The fourth-order valence-corrected chi connectivity index (χ4v) is 3.32. The van der Waals surface area contributed by atoms with Crippen molar-refractivity contribution in [1.29, 1.82) is 5.26 Å². The minimum absolute atomic E-state index is 0.305. The number of rotatable bonds is 4. The zero-order chi connectivity index (χ0) is 18.7. The number of nitrogens with zero attached hydrogens (tertiary/aromatic N) is 2. The van der Waals surface area contributed by atoms with Gasteiger partial charge in [0.2, 0.25) is 0 Å². The highest BCUT2D eigenvalue weighted by atomic mass is 35.5. The van der Waals surface area contributed by atoms with Crippen LogP contribution in [0, 0.1) is 24.1 Å². The standard InChI is InChI=1S/C19H12Cl2FN3S/c1-11-2-5-16(22)17(6-11)24-9-13(8-23)19-25-18(10-26-19)12-3-4-14(20)15(21)7-12/h2-7,9-10,24H,1H3. The molecule has 0 atom stereocenters. The molecule has 0 bridgehead atoms. The van der Waals surface area contributed by atoms with Gasteiger partial charge >= 0.3 is 0 Å². The first-order valence-electron chi connectivity index (χ1n) is 7.52. The van der Waals surface area contributed by atoms with Crippen LogP contribution >= 0.6 is 34.5 Å². The molecule has 7 heteroatoms. The summed E-state index contributed by atoms with van der Waals surface area (Å²) in [4.78, 5) is 4.47. The number of hydrogen-bond donors (Lipinski definition) is 1. The Balaban J connectivity index is 1.87. The maximum atomic E-state index is 13.8. The molecule has 0 fully saturated rings. The lowest BCUT2D eigenvalue weighted by molar-refractivity contribution is 0.631. The molecule has 1 aromatic heterocycles. The third kappa shape index (κ3) is 4.05. The number of benzene rings is 2. The molecule has 0 radical (unpaired) electrons. The number of halogens is 3. The molecule has 0 amide bonds. The quantitative estimate of drug-likeness (QED) is 0.502. The van der Waals surface area contributed by atoms with E-state index >= 15 is 0 Å². The summed E-state index contributed by atoms with van der Waals surface area (Å²) in [5, 5.41) is 15.5. The maximum absolute atomic E-state index is 13.8. The summed E-state index contributed by atoms with van der Waals surface area (Å²) in [6, 6.07) is 12.0. The van der Waals surface area contributed by atoms with E-state index in [1.54, 1.807) is 24.3 Å². The van der Waals surface area contributed by atoms with Crippen LogP contribution in [0.5, 0.6) is 0 Å². The van der Waals surface area contributed by atoms with E-state index in [4.69, 9.17) is 23.2 Å². The normalized spacial score (nSPS) is 11.3. The summed E-state index contributed by atoms with van der Waals surface area (Å²) < 4.78 is 13.8. The van der Waals surface area contributed by atoms with E-state index in [9.17, 15) is 9.65 Å². The summed E-state index contributed by atoms with van der Waals surface area (Å²) in [7, 11) is 0. The predicted octanol–water partition coefficient (Wildman–Crippen LogP) is 6.54. The van der Waals surface area contributed by atoms with Gasteiger partial charge in [-0.05, 0) is 36.8 Å². The van der Waals surface area contributed by atoms with E-state index in [0.29, 0.717) is 32.0 Å². The SMILES string of the molecule is Cc1ccc(F)c(NC=C(C#N)c2nc(-c3ccc(Cl)c(Cl)c3)cs2)c1. The van der Waals surface area contributed by atoms with Crippen molar-refractivity contribution >= 4 is 45.8 Å². The van der Waals surface area contributed by atoms with Crippen molar-refractivity contribution in [2.75, 3.05) is 5.32 Å². The summed E-state index contributed by atoms with van der Waals surface area (Å²) in [6.07, 6.45) is 1.45. The van der Waals surface area contributed by atoms with Crippen LogP contribution in [0.3, 0.4) is 0 Å². The third-order valence-electron chi connectivity index (χ3n) is 3.56. The molecule has 0 spiro atoms. The Hall–Kier alpha value is -2.39. The van der Waals surface area contributed by atoms with Crippen LogP contribution in [-0.4, -0.2) is 4.98 Å². The number of nitriles is 1. The number of aryl methyl sites for hydroxylation is 1. The van der Waals surface area contributed by atoms with E-state index in [-0.39, 0.29) is 5.82 Å². The molecule has 3 nitrogen and oxygen atoms in total. The van der Waals surface area contributed by atoms with Crippen molar-refractivity contribution in [2.24, 2.45) is 0 Å². The second-order valence-electron chi connectivity index (χ2n) is 5.46. The number of allylic oxidation sites excluding steroid dienone is 1. The monoisotopic (exact) mass is 403 g/mol. The number of nitrogens with one attached hydrogen (secondary N) is 1. The van der Waals surface area contributed by atoms with Crippen LogP contribution in [0.25, 0.3) is 16.8 Å². The highest BCUT2D eigenvalue weighted by molar-refractivity contribution is 7.11. The largest absolute Gasteiger partial charge is 0.358 e. The summed E-state index contributed by atoms with van der Waals surface area (Å²) >= 11 is 13.3. The number of aromatic nitrogens is 1. The Morgan fingerprint density at radius 2 is 2.04 bits per heavy atom. The van der Waals surface area contributed by atoms with Gasteiger partial charge in [-0.15, -0.1) is 11.3 Å². The topological polar surface area (TPSA) is 48.7 Å². The third-order valence-corrected chi connectivity index (χ3v) is 5.18. The molecule has 0 aliphatic heterocycles. The van der Waals surface area contributed by atoms with Gasteiger partial charge in [0.25, 0.3) is 0 Å². The van der Waals surface area contributed by atoms with E-state index in [2.05, 4.69) is 16.4 Å². The minimum atomic E-state index is -0.389. The Bertz CT molecular complexity index is 1040. The molecule has 2 aromatic carbocycles. The highest BCUT2D eigenvalue weighted by Gasteiger charge is 2.11. The van der Waals surface area contributed by atoms with Gasteiger partial charge in [0.1, 0.15) is 22.5 Å². The Morgan fingerprint density at radius 3 is 2.77 bits per heavy atom. The smallest absolute Gasteiger partial charge is 0.146 e. The van der Waals surface area contributed by atoms with E-state index in [1.807, 2.05) is 18.4 Å². The molecule has 0 saturated carbocycles. The van der Waals surface area contributed by atoms with Crippen LogP contribution in [-0.2, 0) is 0 Å². The van der Waals surface area contributed by atoms with Crippen LogP contribution in [0.15, 0.2) is 48.0 Å². The Kier molecular flexibility index (Phi) is 5.58. The van der Waals surface area contributed by atoms with Gasteiger partial charge in [0, 0.05) is 17.1 Å². The van der Waals surface area contributed by atoms with Gasteiger partial charge in [-0.3, -0.25) is 0 Å². The lowest BCUT2D eigenvalue weighted by Crippen LogP contribution is -1.94. The number of hydrogen-bond acceptors (Lipinski definition) is 4. The summed E-state index contributed by atoms with van der Waals surface area (Å²) in [6.45, 7) is 1.86. The molecule has 0 aliphatic carbocycles. The molecule has 0 unspecified atom stereocenters. The van der Waals surface area contributed by atoms with E-state index < -0.39 is 0 Å². The van der Waals surface area contributed by atoms with Crippen LogP contribution in [0.4, 0.5) is 10.1 Å². The molecule has 0 saturated heterocycles. The first-order chi connectivity index (χ1) is 12.5. The van der Waals surface area contributed by atoms with Crippen LogP contribution in [0.2, 0.25) is 10.0 Å². The molecule has 3 rings (SSSR count). The fourth-order valence-electron chi connectivity index (χ4n) is 2.23. The van der Waals surface area contributed by atoms with Gasteiger partial charge in [0.05, 0.1) is 21.4 Å². The zero-order valence-corrected chi connectivity index (χ0v) is 15.9. The van der Waals surface area contributed by atoms with E-state index in [0.717, 1.165) is 11.1 Å². The van der Waals surface area contributed by atoms with Gasteiger partial charge in [-0.2, -0.15) is 5.26 Å². The molecular weight excluding hydrogens is 392 g/mol. The van der Waals surface area contributed by atoms with Crippen molar-refractivity contribution in [3.05, 3.63) is 74.4 Å². The lowest BCUT2D eigenvalue weighted by atomic mass is 10.2. The zero-order valence-electron chi connectivity index (χ0n) is 13.6. The molecular formula is C19H12Cl2FN3S. The highest BCUT2D eigenvalue weighted by Crippen LogP contribution is 2.31. The molecule has 3 aromatic rings. The Morgan fingerprint density at radius 1 is 1.23 bits per heavy atom. The number of thiazole rings is 1.